The van der Waals surface area contributed by atoms with Crippen LogP contribution in [0.5, 0.6) is 0 Å². The highest BCUT2D eigenvalue weighted by Crippen LogP contribution is 2.56. The average Bonchev–Trinajstić information content (AvgIpc) is 3.54. The molecule has 2 N–H and O–H groups in total. The average molecular weight is 534 g/mol. The van der Waals surface area contributed by atoms with Gasteiger partial charge in [0.2, 0.25) is 17.7 Å². The SMILES string of the molecule is Cc1cccc(NC(=O)[C@H]2[C@H]3C=C[C@@]4(O3)[C@H]2C(=O)N([C@@H]2CCCC[C@@H]2C)[C@@H]4C(=O)N[C@@H]2CCC[C@H](C)[C@H]2C)c1. The minimum Gasteiger partial charge on any atom is -0.359 e. The topological polar surface area (TPSA) is 87.7 Å². The van der Waals surface area contributed by atoms with E-state index in [9.17, 15) is 14.4 Å². The third kappa shape index (κ3) is 4.32. The molecule has 3 aliphatic heterocycles. The maximum atomic E-state index is 14.4. The number of benzene rings is 1. The molecule has 3 amide bonds. The van der Waals surface area contributed by atoms with Crippen LogP contribution in [-0.4, -0.2) is 52.5 Å². The van der Waals surface area contributed by atoms with E-state index in [0.29, 0.717) is 23.4 Å². The molecule has 2 saturated carbocycles. The molecule has 3 heterocycles. The summed E-state index contributed by atoms with van der Waals surface area (Å²) in [6.07, 6.45) is 10.6. The van der Waals surface area contributed by atoms with E-state index >= 15 is 0 Å². The van der Waals surface area contributed by atoms with Gasteiger partial charge in [-0.2, -0.15) is 0 Å². The molecule has 6 rings (SSSR count). The quantitative estimate of drug-likeness (QED) is 0.542. The van der Waals surface area contributed by atoms with Gasteiger partial charge in [-0.15, -0.1) is 0 Å². The second-order valence-electron chi connectivity index (χ2n) is 13.0. The smallest absolute Gasteiger partial charge is 0.246 e. The van der Waals surface area contributed by atoms with E-state index in [0.717, 1.165) is 44.1 Å². The zero-order chi connectivity index (χ0) is 27.5. The summed E-state index contributed by atoms with van der Waals surface area (Å²) in [5, 5.41) is 6.42. The van der Waals surface area contributed by atoms with Crippen LogP contribution < -0.4 is 10.6 Å². The highest BCUT2D eigenvalue weighted by molar-refractivity contribution is 6.03. The lowest BCUT2D eigenvalue weighted by Crippen LogP contribution is -2.60. The maximum Gasteiger partial charge on any atom is 0.246 e. The van der Waals surface area contributed by atoms with E-state index in [-0.39, 0.29) is 29.8 Å². The molecular formula is C32H43N3O4. The first-order chi connectivity index (χ1) is 18.7. The van der Waals surface area contributed by atoms with Gasteiger partial charge in [-0.05, 0) is 61.6 Å². The third-order valence-electron chi connectivity index (χ3n) is 10.6. The van der Waals surface area contributed by atoms with E-state index in [4.69, 9.17) is 4.74 Å². The van der Waals surface area contributed by atoms with E-state index < -0.39 is 29.6 Å². The number of hydrogen-bond acceptors (Lipinski definition) is 4. The number of nitrogens with one attached hydrogen (secondary N) is 2. The van der Waals surface area contributed by atoms with Crippen molar-refractivity contribution in [2.24, 2.45) is 29.6 Å². The Labute approximate surface area is 232 Å². The van der Waals surface area contributed by atoms with Gasteiger partial charge in [0.25, 0.3) is 0 Å². The van der Waals surface area contributed by atoms with E-state index in [1.54, 1.807) is 0 Å². The summed E-state index contributed by atoms with van der Waals surface area (Å²) >= 11 is 0. The minimum atomic E-state index is -1.11. The third-order valence-corrected chi connectivity index (χ3v) is 10.6. The van der Waals surface area contributed by atoms with Crippen LogP contribution in [0.25, 0.3) is 0 Å². The van der Waals surface area contributed by atoms with Gasteiger partial charge in [0.15, 0.2) is 0 Å². The summed E-state index contributed by atoms with van der Waals surface area (Å²) in [6, 6.07) is 6.97. The fraction of sp³-hybridized carbons (Fsp3) is 0.656. The molecule has 2 bridgehead atoms. The van der Waals surface area contributed by atoms with Gasteiger partial charge in [-0.25, -0.2) is 0 Å². The van der Waals surface area contributed by atoms with Crippen molar-refractivity contribution in [3.63, 3.8) is 0 Å². The van der Waals surface area contributed by atoms with Gasteiger partial charge in [-0.3, -0.25) is 14.4 Å². The number of rotatable bonds is 5. The minimum absolute atomic E-state index is 0.0267. The number of aryl methyl sites for hydroxylation is 1. The van der Waals surface area contributed by atoms with Crippen LogP contribution in [-0.2, 0) is 19.1 Å². The molecule has 210 valence electrons. The van der Waals surface area contributed by atoms with Crippen molar-refractivity contribution in [1.82, 2.24) is 10.2 Å². The molecular weight excluding hydrogens is 490 g/mol. The second kappa shape index (κ2) is 10.1. The Kier molecular flexibility index (Phi) is 6.85. The first-order valence-corrected chi connectivity index (χ1v) is 15.1. The number of anilines is 1. The van der Waals surface area contributed by atoms with Gasteiger partial charge in [0.1, 0.15) is 11.6 Å². The van der Waals surface area contributed by atoms with Crippen LogP contribution in [0.3, 0.4) is 0 Å². The van der Waals surface area contributed by atoms with Crippen molar-refractivity contribution in [2.75, 3.05) is 5.32 Å². The number of ether oxygens (including phenoxy) is 1. The lowest BCUT2D eigenvalue weighted by atomic mass is 9.73. The van der Waals surface area contributed by atoms with E-state index in [1.165, 1.54) is 6.42 Å². The van der Waals surface area contributed by atoms with Crippen LogP contribution in [0.15, 0.2) is 36.4 Å². The summed E-state index contributed by atoms with van der Waals surface area (Å²) in [4.78, 5) is 44.3. The zero-order valence-corrected chi connectivity index (χ0v) is 23.7. The highest BCUT2D eigenvalue weighted by Gasteiger charge is 2.73. The van der Waals surface area contributed by atoms with Crippen LogP contribution in [0.2, 0.25) is 0 Å². The number of carbonyl (C=O) groups is 3. The first kappa shape index (κ1) is 26.5. The van der Waals surface area contributed by atoms with E-state index in [1.807, 2.05) is 48.2 Å². The summed E-state index contributed by atoms with van der Waals surface area (Å²) in [5.74, 6) is -0.608. The number of amides is 3. The molecule has 10 atom stereocenters. The fourth-order valence-electron chi connectivity index (χ4n) is 8.27. The number of likely N-dealkylation sites (tertiary alicyclic amines) is 1. The molecule has 2 aliphatic carbocycles. The fourth-order valence-corrected chi connectivity index (χ4v) is 8.27. The highest BCUT2D eigenvalue weighted by atomic mass is 16.5. The van der Waals surface area contributed by atoms with Gasteiger partial charge >= 0.3 is 0 Å². The monoisotopic (exact) mass is 533 g/mol. The second-order valence-corrected chi connectivity index (χ2v) is 13.0. The summed E-state index contributed by atoms with van der Waals surface area (Å²) < 4.78 is 6.58. The van der Waals surface area contributed by atoms with Crippen LogP contribution in [0.1, 0.15) is 71.3 Å². The number of hydrogen-bond donors (Lipinski definition) is 2. The Balaban J connectivity index is 1.34. The van der Waals surface area contributed by atoms with Crippen molar-refractivity contribution in [2.45, 2.75) is 102 Å². The standard InChI is InChI=1S/C32H43N3O4/c1-18-9-7-12-22(17-18)33-29(36)26-25-15-16-32(39-25)27(26)31(38)35(24-14-6-5-10-20(24)3)28(32)30(37)34-23-13-8-11-19(2)21(23)4/h7,9,12,15-17,19-21,23-28H,5-6,8,10-11,13-14H2,1-4H3,(H,33,36)(H,34,37)/t19-,20-,21+,23+,24+,25+,26-,27+,28+,32+/m0/s1. The predicted octanol–water partition coefficient (Wildman–Crippen LogP) is 4.60. The Morgan fingerprint density at radius 3 is 2.54 bits per heavy atom. The Bertz CT molecular complexity index is 1180. The Morgan fingerprint density at radius 1 is 1.00 bits per heavy atom. The van der Waals surface area contributed by atoms with Crippen molar-refractivity contribution in [1.29, 1.82) is 0 Å². The van der Waals surface area contributed by atoms with Crippen molar-refractivity contribution >= 4 is 23.4 Å². The predicted molar refractivity (Wildman–Crippen MR) is 150 cm³/mol. The molecule has 1 spiro atoms. The molecule has 4 fully saturated rings. The molecule has 1 aromatic carbocycles. The van der Waals surface area contributed by atoms with Crippen molar-refractivity contribution in [3.8, 4) is 0 Å². The summed E-state index contributed by atoms with van der Waals surface area (Å²) in [5.41, 5.74) is 0.644. The van der Waals surface area contributed by atoms with Gasteiger partial charge in [0, 0.05) is 17.8 Å². The number of carbonyl (C=O) groups excluding carboxylic acids is 3. The first-order valence-electron chi connectivity index (χ1n) is 15.1. The molecule has 2 saturated heterocycles. The van der Waals surface area contributed by atoms with Crippen LogP contribution in [0.4, 0.5) is 5.69 Å². The van der Waals surface area contributed by atoms with E-state index in [2.05, 4.69) is 31.4 Å². The Morgan fingerprint density at radius 2 is 1.77 bits per heavy atom. The Hall–Kier alpha value is -2.67. The normalized spacial score (nSPS) is 41.0. The summed E-state index contributed by atoms with van der Waals surface area (Å²) in [6.45, 7) is 8.65. The molecule has 0 aromatic heterocycles. The zero-order valence-electron chi connectivity index (χ0n) is 23.7. The van der Waals surface area contributed by atoms with Gasteiger partial charge in [0.05, 0.1) is 17.9 Å². The summed E-state index contributed by atoms with van der Waals surface area (Å²) in [7, 11) is 0. The molecule has 7 heteroatoms. The molecule has 1 aromatic rings. The van der Waals surface area contributed by atoms with Crippen molar-refractivity contribution < 1.29 is 19.1 Å². The lowest BCUT2D eigenvalue weighted by molar-refractivity contribution is -0.146. The molecule has 0 radical (unpaired) electrons. The van der Waals surface area contributed by atoms with Crippen LogP contribution >= 0.6 is 0 Å². The molecule has 39 heavy (non-hydrogen) atoms. The van der Waals surface area contributed by atoms with Gasteiger partial charge in [-0.1, -0.05) is 70.7 Å². The maximum absolute atomic E-state index is 14.4. The molecule has 0 unspecified atom stereocenters. The number of nitrogens with zero attached hydrogens (tertiary/aromatic N) is 1. The molecule has 7 nitrogen and oxygen atoms in total. The van der Waals surface area contributed by atoms with Gasteiger partial charge < -0.3 is 20.3 Å². The molecule has 5 aliphatic rings. The number of fused-ring (bicyclic) bond motifs is 1. The van der Waals surface area contributed by atoms with Crippen molar-refractivity contribution in [3.05, 3.63) is 42.0 Å². The lowest BCUT2D eigenvalue weighted by Gasteiger charge is -2.42. The van der Waals surface area contributed by atoms with Crippen LogP contribution in [0, 0.1) is 36.5 Å². The largest absolute Gasteiger partial charge is 0.359 e.